The van der Waals surface area contributed by atoms with E-state index in [4.69, 9.17) is 0 Å². The fourth-order valence-electron chi connectivity index (χ4n) is 1.40. The van der Waals surface area contributed by atoms with E-state index in [1.54, 1.807) is 0 Å². The SMILES string of the molecule is Cc1cc(F)c(NC2=NCC(C)S2)cc1F. The largest absolute Gasteiger partial charge is 0.332 e. The van der Waals surface area contributed by atoms with Crippen molar-refractivity contribution < 1.29 is 8.78 Å². The van der Waals surface area contributed by atoms with E-state index in [1.807, 2.05) is 6.92 Å². The van der Waals surface area contributed by atoms with E-state index in [1.165, 1.54) is 24.8 Å². The molecule has 1 atom stereocenters. The number of aliphatic imine (C=N–C) groups is 1. The lowest BCUT2D eigenvalue weighted by Crippen LogP contribution is -2.08. The Hall–Kier alpha value is -1.10. The molecule has 0 aromatic heterocycles. The van der Waals surface area contributed by atoms with Crippen molar-refractivity contribution in [2.24, 2.45) is 4.99 Å². The summed E-state index contributed by atoms with van der Waals surface area (Å²) in [7, 11) is 0. The molecule has 2 rings (SSSR count). The minimum atomic E-state index is -0.457. The topological polar surface area (TPSA) is 24.4 Å². The first-order chi connectivity index (χ1) is 7.56. The molecule has 0 aliphatic carbocycles. The van der Waals surface area contributed by atoms with Crippen molar-refractivity contribution in [3.63, 3.8) is 0 Å². The van der Waals surface area contributed by atoms with E-state index in [0.29, 0.717) is 22.5 Å². The number of benzene rings is 1. The average molecular weight is 242 g/mol. The van der Waals surface area contributed by atoms with Gasteiger partial charge in [0.05, 0.1) is 12.2 Å². The number of anilines is 1. The lowest BCUT2D eigenvalue weighted by molar-refractivity contribution is 0.596. The maximum absolute atomic E-state index is 13.5. The first-order valence-corrected chi connectivity index (χ1v) is 5.88. The molecule has 1 N–H and O–H groups in total. The second kappa shape index (κ2) is 4.41. The molecule has 5 heteroatoms. The molecule has 1 aliphatic rings. The molecule has 1 aromatic carbocycles. The minimum Gasteiger partial charge on any atom is -0.332 e. The highest BCUT2D eigenvalue weighted by atomic mass is 32.2. The average Bonchev–Trinajstić information content (AvgIpc) is 2.60. The highest BCUT2D eigenvalue weighted by Gasteiger charge is 2.16. The van der Waals surface area contributed by atoms with Crippen molar-refractivity contribution in [3.8, 4) is 0 Å². The monoisotopic (exact) mass is 242 g/mol. The van der Waals surface area contributed by atoms with Crippen LogP contribution >= 0.6 is 11.8 Å². The highest BCUT2D eigenvalue weighted by molar-refractivity contribution is 8.15. The first kappa shape index (κ1) is 11.4. The molecule has 0 spiro atoms. The van der Waals surface area contributed by atoms with Gasteiger partial charge >= 0.3 is 0 Å². The van der Waals surface area contributed by atoms with E-state index in [2.05, 4.69) is 10.3 Å². The quantitative estimate of drug-likeness (QED) is 0.818. The van der Waals surface area contributed by atoms with Gasteiger partial charge in [-0.05, 0) is 18.6 Å². The third-order valence-corrected chi connectivity index (χ3v) is 3.30. The Morgan fingerprint density at radius 1 is 1.38 bits per heavy atom. The van der Waals surface area contributed by atoms with Crippen LogP contribution in [0.25, 0.3) is 0 Å². The Bertz CT molecular complexity index is 446. The number of nitrogens with zero attached hydrogens (tertiary/aromatic N) is 1. The summed E-state index contributed by atoms with van der Waals surface area (Å²) < 4.78 is 26.7. The Morgan fingerprint density at radius 2 is 2.12 bits per heavy atom. The van der Waals surface area contributed by atoms with Crippen LogP contribution in [0.3, 0.4) is 0 Å². The lowest BCUT2D eigenvalue weighted by Gasteiger charge is -2.08. The van der Waals surface area contributed by atoms with Crippen LogP contribution in [-0.2, 0) is 0 Å². The van der Waals surface area contributed by atoms with Gasteiger partial charge in [-0.1, -0.05) is 18.7 Å². The van der Waals surface area contributed by atoms with Crippen molar-refractivity contribution in [1.29, 1.82) is 0 Å². The van der Waals surface area contributed by atoms with Gasteiger partial charge in [-0.15, -0.1) is 0 Å². The standard InChI is InChI=1S/C11H12F2N2S/c1-6-3-9(13)10(4-8(6)12)15-11-14-5-7(2)16-11/h3-4,7H,5H2,1-2H3,(H,14,15). The van der Waals surface area contributed by atoms with Gasteiger partial charge in [-0.3, -0.25) is 4.99 Å². The predicted molar refractivity (Wildman–Crippen MR) is 64.1 cm³/mol. The van der Waals surface area contributed by atoms with Crippen molar-refractivity contribution in [2.45, 2.75) is 19.1 Å². The maximum atomic E-state index is 13.5. The molecule has 1 unspecified atom stereocenters. The number of amidine groups is 1. The van der Waals surface area contributed by atoms with E-state index < -0.39 is 11.6 Å². The summed E-state index contributed by atoms with van der Waals surface area (Å²) in [4.78, 5) is 4.18. The number of rotatable bonds is 1. The molecule has 0 radical (unpaired) electrons. The molecule has 0 bridgehead atoms. The number of hydrogen-bond donors (Lipinski definition) is 1. The smallest absolute Gasteiger partial charge is 0.161 e. The van der Waals surface area contributed by atoms with E-state index in [-0.39, 0.29) is 5.69 Å². The molecule has 0 saturated heterocycles. The van der Waals surface area contributed by atoms with Crippen molar-refractivity contribution >= 4 is 22.6 Å². The molecule has 0 fully saturated rings. The zero-order valence-electron chi connectivity index (χ0n) is 9.05. The molecular formula is C11H12F2N2S. The predicted octanol–water partition coefficient (Wildman–Crippen LogP) is 3.18. The summed E-state index contributed by atoms with van der Waals surface area (Å²) in [5, 5.41) is 3.84. The maximum Gasteiger partial charge on any atom is 0.161 e. The normalized spacial score (nSPS) is 19.8. The van der Waals surface area contributed by atoms with Crippen LogP contribution in [0.2, 0.25) is 0 Å². The highest BCUT2D eigenvalue weighted by Crippen LogP contribution is 2.24. The van der Waals surface area contributed by atoms with E-state index in [9.17, 15) is 8.78 Å². The Labute approximate surface area is 97.1 Å². The van der Waals surface area contributed by atoms with Crippen LogP contribution in [0.1, 0.15) is 12.5 Å². The van der Waals surface area contributed by atoms with Gasteiger partial charge < -0.3 is 5.32 Å². The van der Waals surface area contributed by atoms with Gasteiger partial charge in [0.2, 0.25) is 0 Å². The van der Waals surface area contributed by atoms with Crippen LogP contribution in [0, 0.1) is 18.6 Å². The third kappa shape index (κ3) is 2.35. The van der Waals surface area contributed by atoms with Crippen molar-refractivity contribution in [2.75, 3.05) is 11.9 Å². The van der Waals surface area contributed by atoms with Crippen molar-refractivity contribution in [1.82, 2.24) is 0 Å². The van der Waals surface area contributed by atoms with Crippen LogP contribution in [0.15, 0.2) is 17.1 Å². The van der Waals surface area contributed by atoms with Gasteiger partial charge in [0.15, 0.2) is 5.17 Å². The van der Waals surface area contributed by atoms with Gasteiger partial charge in [-0.25, -0.2) is 8.78 Å². The summed E-state index contributed by atoms with van der Waals surface area (Å²) in [6.45, 7) is 4.28. The van der Waals surface area contributed by atoms with Crippen LogP contribution in [0.5, 0.6) is 0 Å². The molecule has 86 valence electrons. The Morgan fingerprint density at radius 3 is 2.75 bits per heavy atom. The van der Waals surface area contributed by atoms with Crippen molar-refractivity contribution in [3.05, 3.63) is 29.3 Å². The fourth-order valence-corrected chi connectivity index (χ4v) is 2.25. The zero-order chi connectivity index (χ0) is 11.7. The van der Waals surface area contributed by atoms with Crippen LogP contribution in [-0.4, -0.2) is 17.0 Å². The molecule has 0 saturated carbocycles. The summed E-state index contributed by atoms with van der Waals surface area (Å²) in [6.07, 6.45) is 0. The minimum absolute atomic E-state index is 0.142. The van der Waals surface area contributed by atoms with E-state index >= 15 is 0 Å². The zero-order valence-corrected chi connectivity index (χ0v) is 9.87. The van der Waals surface area contributed by atoms with E-state index in [0.717, 1.165) is 6.07 Å². The molecule has 0 amide bonds. The summed E-state index contributed by atoms with van der Waals surface area (Å²) in [5.41, 5.74) is 0.445. The van der Waals surface area contributed by atoms with Gasteiger partial charge in [0.1, 0.15) is 11.6 Å². The number of halogens is 2. The Kier molecular flexibility index (Phi) is 3.14. The first-order valence-electron chi connectivity index (χ1n) is 5.00. The number of thioether (sulfide) groups is 1. The molecule has 1 aromatic rings. The second-order valence-corrected chi connectivity index (χ2v) is 5.21. The van der Waals surface area contributed by atoms with Crippen LogP contribution in [0.4, 0.5) is 14.5 Å². The number of nitrogens with one attached hydrogen (secondary N) is 1. The summed E-state index contributed by atoms with van der Waals surface area (Å²) in [6, 6.07) is 2.35. The molecular weight excluding hydrogens is 230 g/mol. The molecule has 1 aliphatic heterocycles. The lowest BCUT2D eigenvalue weighted by atomic mass is 10.2. The summed E-state index contributed by atoms with van der Waals surface area (Å²) in [5.74, 6) is -0.873. The van der Waals surface area contributed by atoms with Crippen LogP contribution < -0.4 is 5.32 Å². The van der Waals surface area contributed by atoms with Gasteiger partial charge in [-0.2, -0.15) is 0 Å². The third-order valence-electron chi connectivity index (χ3n) is 2.29. The summed E-state index contributed by atoms with van der Waals surface area (Å²) >= 11 is 1.53. The number of aryl methyl sites for hydroxylation is 1. The molecule has 16 heavy (non-hydrogen) atoms. The number of hydrogen-bond acceptors (Lipinski definition) is 3. The van der Waals surface area contributed by atoms with Gasteiger partial charge in [0, 0.05) is 11.3 Å². The van der Waals surface area contributed by atoms with Gasteiger partial charge in [0.25, 0.3) is 0 Å². The second-order valence-electron chi connectivity index (χ2n) is 3.78. The Balaban J connectivity index is 2.19. The molecule has 1 heterocycles. The fraction of sp³-hybridized carbons (Fsp3) is 0.364. The molecule has 2 nitrogen and oxygen atoms in total.